The highest BCUT2D eigenvalue weighted by Gasteiger charge is 2.10. The van der Waals surface area contributed by atoms with Gasteiger partial charge in [-0.1, -0.05) is 29.4 Å². The summed E-state index contributed by atoms with van der Waals surface area (Å²) in [6.45, 7) is 0. The number of nitrogens with two attached hydrogens (primary N) is 1. The minimum absolute atomic E-state index is 0.106. The van der Waals surface area contributed by atoms with Gasteiger partial charge in [-0.25, -0.2) is 4.79 Å². The van der Waals surface area contributed by atoms with Crippen molar-refractivity contribution in [2.45, 2.75) is 0 Å². The van der Waals surface area contributed by atoms with Gasteiger partial charge in [0, 0.05) is 10.9 Å². The molecule has 0 radical (unpaired) electrons. The van der Waals surface area contributed by atoms with E-state index in [2.05, 4.69) is 10.2 Å². The predicted octanol–water partition coefficient (Wildman–Crippen LogP) is 2.52. The van der Waals surface area contributed by atoms with Crippen molar-refractivity contribution in [1.82, 2.24) is 0 Å². The van der Waals surface area contributed by atoms with Crippen molar-refractivity contribution < 1.29 is 14.7 Å². The van der Waals surface area contributed by atoms with Gasteiger partial charge in [0.15, 0.2) is 6.29 Å². The highest BCUT2D eigenvalue weighted by Crippen LogP contribution is 2.37. The van der Waals surface area contributed by atoms with Gasteiger partial charge < -0.3 is 10.8 Å². The number of aromatic hydroxyl groups is 1. The van der Waals surface area contributed by atoms with E-state index in [-0.39, 0.29) is 11.4 Å². The van der Waals surface area contributed by atoms with Gasteiger partial charge in [-0.2, -0.15) is 0 Å². The van der Waals surface area contributed by atoms with Crippen LogP contribution in [0.15, 0.2) is 40.6 Å². The number of hydrogen-bond acceptors (Lipinski definition) is 4. The molecule has 0 fully saturated rings. The van der Waals surface area contributed by atoms with Crippen LogP contribution in [0, 0.1) is 0 Å². The fourth-order valence-electron chi connectivity index (χ4n) is 1.67. The molecule has 2 rings (SSSR count). The topological polar surface area (TPSA) is 105 Å². The van der Waals surface area contributed by atoms with Crippen LogP contribution in [-0.4, -0.2) is 17.4 Å². The molecule has 3 N–H and O–H groups in total. The molecule has 0 atom stereocenters. The van der Waals surface area contributed by atoms with Crippen LogP contribution in [0.4, 0.5) is 10.5 Å². The van der Waals surface area contributed by atoms with Crippen molar-refractivity contribution in [3.8, 4) is 5.75 Å². The average molecular weight is 243 g/mol. The first-order chi connectivity index (χ1) is 8.63. The molecule has 0 saturated carbocycles. The third-order valence-corrected chi connectivity index (χ3v) is 2.40. The lowest BCUT2D eigenvalue weighted by Gasteiger charge is -2.05. The molecule has 2 aromatic carbocycles. The Hall–Kier alpha value is -2.76. The van der Waals surface area contributed by atoms with E-state index >= 15 is 0 Å². The Morgan fingerprint density at radius 3 is 2.56 bits per heavy atom. The van der Waals surface area contributed by atoms with Crippen LogP contribution < -0.4 is 5.73 Å². The van der Waals surface area contributed by atoms with Crippen molar-refractivity contribution >= 4 is 28.8 Å². The number of hydrogen-bond donors (Lipinski definition) is 2. The lowest BCUT2D eigenvalue weighted by atomic mass is 10.0. The molecule has 2 amide bonds. The number of aldehydes is 1. The van der Waals surface area contributed by atoms with Crippen LogP contribution in [0.5, 0.6) is 5.75 Å². The molecule has 0 saturated heterocycles. The van der Waals surface area contributed by atoms with Crippen LogP contribution in [0.25, 0.3) is 10.8 Å². The summed E-state index contributed by atoms with van der Waals surface area (Å²) < 4.78 is 0. The van der Waals surface area contributed by atoms with Gasteiger partial charge in [-0.3, -0.25) is 4.79 Å². The Morgan fingerprint density at radius 1 is 1.28 bits per heavy atom. The summed E-state index contributed by atoms with van der Waals surface area (Å²) >= 11 is 0. The zero-order chi connectivity index (χ0) is 13.1. The summed E-state index contributed by atoms with van der Waals surface area (Å²) in [5.74, 6) is -0.235. The minimum Gasteiger partial charge on any atom is -0.506 e. The number of nitrogens with zero attached hydrogens (tertiary/aromatic N) is 2. The maximum Gasteiger partial charge on any atom is 0.356 e. The number of azo groups is 1. The van der Waals surface area contributed by atoms with E-state index in [1.807, 2.05) is 0 Å². The Labute approximate surface area is 102 Å². The first kappa shape index (κ1) is 11.7. The van der Waals surface area contributed by atoms with Crippen LogP contribution >= 0.6 is 0 Å². The monoisotopic (exact) mass is 243 g/mol. The molecule has 0 unspecified atom stereocenters. The van der Waals surface area contributed by atoms with Gasteiger partial charge in [-0.15, -0.1) is 5.11 Å². The molecular weight excluding hydrogens is 234 g/mol. The highest BCUT2D eigenvalue weighted by atomic mass is 16.3. The standard InChI is InChI=1S/C12H9N3O3/c13-12(18)15-14-11-9-4-2-1-3-8(9)7(6-16)5-10(11)17/h1-6,17H,(H2,13,18)/b15-14+. The number of primary amides is 1. The number of urea groups is 1. The minimum atomic E-state index is -0.960. The largest absolute Gasteiger partial charge is 0.506 e. The van der Waals surface area contributed by atoms with E-state index in [0.29, 0.717) is 22.6 Å². The fraction of sp³-hybridized carbons (Fsp3) is 0. The first-order valence-electron chi connectivity index (χ1n) is 5.04. The molecule has 2 aromatic rings. The third kappa shape index (κ3) is 2.03. The fourth-order valence-corrected chi connectivity index (χ4v) is 1.67. The molecule has 0 aromatic heterocycles. The SMILES string of the molecule is NC(=O)/N=N/c1c(O)cc(C=O)c2ccccc12. The number of carbonyl (C=O) groups excluding carboxylic acids is 2. The number of phenolic OH excluding ortho intramolecular Hbond substituents is 1. The molecule has 0 aliphatic carbocycles. The van der Waals surface area contributed by atoms with Crippen molar-refractivity contribution in [3.05, 3.63) is 35.9 Å². The normalized spacial score (nSPS) is 10.9. The molecule has 6 heteroatoms. The summed E-state index contributed by atoms with van der Waals surface area (Å²) in [4.78, 5) is 21.5. The second-order valence-corrected chi connectivity index (χ2v) is 3.54. The number of amides is 2. The van der Waals surface area contributed by atoms with Gasteiger partial charge >= 0.3 is 6.03 Å². The van der Waals surface area contributed by atoms with Gasteiger partial charge in [-0.05, 0) is 11.5 Å². The second kappa shape index (κ2) is 4.62. The molecule has 0 bridgehead atoms. The third-order valence-electron chi connectivity index (χ3n) is 2.40. The van der Waals surface area contributed by atoms with Crippen molar-refractivity contribution in [2.75, 3.05) is 0 Å². The molecule has 0 aliphatic heterocycles. The van der Waals surface area contributed by atoms with E-state index in [0.717, 1.165) is 0 Å². The van der Waals surface area contributed by atoms with Gasteiger partial charge in [0.2, 0.25) is 0 Å². The smallest absolute Gasteiger partial charge is 0.356 e. The Bertz CT molecular complexity index is 665. The number of fused-ring (bicyclic) bond motifs is 1. The molecule has 18 heavy (non-hydrogen) atoms. The van der Waals surface area contributed by atoms with Gasteiger partial charge in [0.25, 0.3) is 0 Å². The molecule has 90 valence electrons. The van der Waals surface area contributed by atoms with E-state index in [1.54, 1.807) is 24.3 Å². The van der Waals surface area contributed by atoms with Gasteiger partial charge in [0.05, 0.1) is 0 Å². The summed E-state index contributed by atoms with van der Waals surface area (Å²) in [6.07, 6.45) is 0.636. The second-order valence-electron chi connectivity index (χ2n) is 3.54. The van der Waals surface area contributed by atoms with Crippen LogP contribution in [0.2, 0.25) is 0 Å². The van der Waals surface area contributed by atoms with E-state index in [9.17, 15) is 14.7 Å². The van der Waals surface area contributed by atoms with Crippen molar-refractivity contribution in [1.29, 1.82) is 0 Å². The number of benzene rings is 2. The summed E-state index contributed by atoms with van der Waals surface area (Å²) in [6, 6.07) is 7.16. The van der Waals surface area contributed by atoms with E-state index < -0.39 is 6.03 Å². The maximum atomic E-state index is 10.9. The zero-order valence-corrected chi connectivity index (χ0v) is 9.20. The summed E-state index contributed by atoms with van der Waals surface area (Å²) in [5.41, 5.74) is 5.29. The molecule has 0 heterocycles. The molecule has 0 aliphatic rings. The Balaban J connectivity index is 2.77. The van der Waals surface area contributed by atoms with Crippen molar-refractivity contribution in [3.63, 3.8) is 0 Å². The quantitative estimate of drug-likeness (QED) is 0.625. The highest BCUT2D eigenvalue weighted by molar-refractivity contribution is 6.05. The Kier molecular flexibility index (Phi) is 3.01. The van der Waals surface area contributed by atoms with E-state index in [1.165, 1.54) is 6.07 Å². The number of phenols is 1. The Morgan fingerprint density at radius 2 is 1.94 bits per heavy atom. The number of carbonyl (C=O) groups is 2. The van der Waals surface area contributed by atoms with Gasteiger partial charge in [0.1, 0.15) is 11.4 Å². The number of rotatable bonds is 2. The summed E-state index contributed by atoms with van der Waals surface area (Å²) in [7, 11) is 0. The maximum absolute atomic E-state index is 10.9. The first-order valence-corrected chi connectivity index (χ1v) is 5.04. The van der Waals surface area contributed by atoms with Crippen LogP contribution in [-0.2, 0) is 0 Å². The lowest BCUT2D eigenvalue weighted by Crippen LogP contribution is -2.01. The predicted molar refractivity (Wildman–Crippen MR) is 65.1 cm³/mol. The molecule has 6 nitrogen and oxygen atoms in total. The zero-order valence-electron chi connectivity index (χ0n) is 9.20. The van der Waals surface area contributed by atoms with Crippen molar-refractivity contribution in [2.24, 2.45) is 16.0 Å². The lowest BCUT2D eigenvalue weighted by molar-refractivity contribution is 0.112. The van der Waals surface area contributed by atoms with Crippen LogP contribution in [0.3, 0.4) is 0 Å². The summed E-state index contributed by atoms with van der Waals surface area (Å²) in [5, 5.41) is 17.7. The van der Waals surface area contributed by atoms with Crippen LogP contribution in [0.1, 0.15) is 10.4 Å². The molecule has 0 spiro atoms. The average Bonchev–Trinajstić information content (AvgIpc) is 2.36. The molecular formula is C12H9N3O3. The van der Waals surface area contributed by atoms with E-state index in [4.69, 9.17) is 5.73 Å².